The van der Waals surface area contributed by atoms with Crippen LogP contribution in [0, 0.1) is 11.3 Å². The van der Waals surface area contributed by atoms with Crippen LogP contribution >= 0.6 is 0 Å². The Hall–Kier alpha value is -0.990. The minimum atomic E-state index is 0.381. The molecule has 2 N–H and O–H groups in total. The summed E-state index contributed by atoms with van der Waals surface area (Å²) in [6.07, 6.45) is 6.01. The molecule has 17 heavy (non-hydrogen) atoms. The molecule has 1 saturated carbocycles. The maximum atomic E-state index is 6.27. The molecule has 1 fully saturated rings. The van der Waals surface area contributed by atoms with Crippen molar-refractivity contribution < 1.29 is 0 Å². The zero-order valence-electron chi connectivity index (χ0n) is 11.2. The summed E-state index contributed by atoms with van der Waals surface area (Å²) in [5.74, 6) is 1.70. The molecule has 3 heteroatoms. The van der Waals surface area contributed by atoms with Gasteiger partial charge in [0.25, 0.3) is 0 Å². The summed E-state index contributed by atoms with van der Waals surface area (Å²) in [6.45, 7) is 7.01. The molecular weight excluding hydrogens is 210 g/mol. The minimum absolute atomic E-state index is 0.381. The predicted molar refractivity (Wildman–Crippen MR) is 69.9 cm³/mol. The van der Waals surface area contributed by atoms with Crippen molar-refractivity contribution in [3.8, 4) is 0 Å². The largest absolute Gasteiger partial charge is 0.384 e. The average Bonchev–Trinajstić information content (AvgIpc) is 3.03. The Bertz CT molecular complexity index is 435. The number of hydrogen-bond acceptors (Lipinski definition) is 2. The van der Waals surface area contributed by atoms with E-state index in [1.165, 1.54) is 30.5 Å². The fourth-order valence-corrected chi connectivity index (χ4v) is 2.95. The van der Waals surface area contributed by atoms with Crippen molar-refractivity contribution in [2.75, 3.05) is 5.73 Å². The van der Waals surface area contributed by atoms with Gasteiger partial charge in [-0.2, -0.15) is 5.10 Å². The van der Waals surface area contributed by atoms with Gasteiger partial charge in [0.2, 0.25) is 0 Å². The monoisotopic (exact) mass is 233 g/mol. The maximum Gasteiger partial charge on any atom is 0.125 e. The van der Waals surface area contributed by atoms with Crippen molar-refractivity contribution in [2.45, 2.75) is 58.9 Å². The molecule has 1 atom stereocenters. The summed E-state index contributed by atoms with van der Waals surface area (Å²) in [4.78, 5) is 0. The Morgan fingerprint density at radius 2 is 1.94 bits per heavy atom. The van der Waals surface area contributed by atoms with Gasteiger partial charge in [0, 0.05) is 5.56 Å². The SMILES string of the molecule is CC(C)(C)C1CCc2nn(C3CC3)c(N)c2C1. The molecule has 0 bridgehead atoms. The average molecular weight is 233 g/mol. The van der Waals surface area contributed by atoms with Crippen molar-refractivity contribution in [1.82, 2.24) is 9.78 Å². The topological polar surface area (TPSA) is 43.8 Å². The summed E-state index contributed by atoms with van der Waals surface area (Å²) in [5.41, 5.74) is 9.27. The van der Waals surface area contributed by atoms with Gasteiger partial charge in [0.05, 0.1) is 11.7 Å². The number of aryl methyl sites for hydroxylation is 1. The van der Waals surface area contributed by atoms with Crippen molar-refractivity contribution in [3.63, 3.8) is 0 Å². The van der Waals surface area contributed by atoms with E-state index in [9.17, 15) is 0 Å². The highest BCUT2D eigenvalue weighted by atomic mass is 15.3. The van der Waals surface area contributed by atoms with Gasteiger partial charge in [-0.3, -0.25) is 0 Å². The summed E-state index contributed by atoms with van der Waals surface area (Å²) in [6, 6.07) is 0.605. The molecule has 3 nitrogen and oxygen atoms in total. The molecule has 3 rings (SSSR count). The molecule has 2 aliphatic carbocycles. The van der Waals surface area contributed by atoms with Gasteiger partial charge >= 0.3 is 0 Å². The molecule has 1 aromatic rings. The number of rotatable bonds is 1. The van der Waals surface area contributed by atoms with Gasteiger partial charge in [0.15, 0.2) is 0 Å². The quantitative estimate of drug-likeness (QED) is 0.810. The van der Waals surface area contributed by atoms with Crippen molar-refractivity contribution in [3.05, 3.63) is 11.3 Å². The zero-order valence-corrected chi connectivity index (χ0v) is 11.2. The van der Waals surface area contributed by atoms with Crippen LogP contribution in [-0.4, -0.2) is 9.78 Å². The summed E-state index contributed by atoms with van der Waals surface area (Å²) in [5, 5.41) is 4.72. The van der Waals surface area contributed by atoms with Gasteiger partial charge in [0.1, 0.15) is 5.82 Å². The van der Waals surface area contributed by atoms with E-state index in [1.54, 1.807) is 0 Å². The second-order valence-corrected chi connectivity index (χ2v) is 6.79. The van der Waals surface area contributed by atoms with Crippen LogP contribution in [-0.2, 0) is 12.8 Å². The van der Waals surface area contributed by atoms with E-state index in [0.717, 1.165) is 24.6 Å². The van der Waals surface area contributed by atoms with Gasteiger partial charge < -0.3 is 5.73 Å². The Morgan fingerprint density at radius 1 is 1.24 bits per heavy atom. The number of fused-ring (bicyclic) bond motifs is 1. The fraction of sp³-hybridized carbons (Fsp3) is 0.786. The molecular formula is C14H23N3. The predicted octanol–water partition coefficient (Wildman–Crippen LogP) is 2.95. The normalized spacial score (nSPS) is 24.8. The van der Waals surface area contributed by atoms with Crippen LogP contribution in [0.4, 0.5) is 5.82 Å². The lowest BCUT2D eigenvalue weighted by atomic mass is 9.72. The minimum Gasteiger partial charge on any atom is -0.384 e. The van der Waals surface area contributed by atoms with Gasteiger partial charge in [-0.25, -0.2) is 4.68 Å². The lowest BCUT2D eigenvalue weighted by molar-refractivity contribution is 0.216. The van der Waals surface area contributed by atoms with Crippen LogP contribution in [0.15, 0.2) is 0 Å². The number of nitrogen functional groups attached to an aromatic ring is 1. The summed E-state index contributed by atoms with van der Waals surface area (Å²) in [7, 11) is 0. The van der Waals surface area contributed by atoms with Crippen LogP contribution in [0.1, 0.15) is 57.3 Å². The van der Waals surface area contributed by atoms with E-state index >= 15 is 0 Å². The maximum absolute atomic E-state index is 6.27. The Kier molecular flexibility index (Phi) is 2.29. The van der Waals surface area contributed by atoms with Crippen LogP contribution in [0.25, 0.3) is 0 Å². The Labute approximate surface area is 103 Å². The molecule has 1 unspecified atom stereocenters. The molecule has 94 valence electrons. The van der Waals surface area contributed by atoms with E-state index < -0.39 is 0 Å². The molecule has 0 aliphatic heterocycles. The van der Waals surface area contributed by atoms with Crippen molar-refractivity contribution in [1.29, 1.82) is 0 Å². The third kappa shape index (κ3) is 1.85. The highest BCUT2D eigenvalue weighted by Gasteiger charge is 2.34. The van der Waals surface area contributed by atoms with E-state index in [-0.39, 0.29) is 0 Å². The summed E-state index contributed by atoms with van der Waals surface area (Å²) < 4.78 is 2.09. The first kappa shape index (κ1) is 11.1. The molecule has 0 aromatic carbocycles. The summed E-state index contributed by atoms with van der Waals surface area (Å²) >= 11 is 0. The first-order chi connectivity index (χ1) is 7.97. The number of nitrogens with two attached hydrogens (primary N) is 1. The Balaban J connectivity index is 1.91. The first-order valence-electron chi connectivity index (χ1n) is 6.82. The van der Waals surface area contributed by atoms with Crippen LogP contribution in [0.5, 0.6) is 0 Å². The fourth-order valence-electron chi connectivity index (χ4n) is 2.95. The second-order valence-electron chi connectivity index (χ2n) is 6.79. The third-order valence-electron chi connectivity index (χ3n) is 4.43. The molecule has 0 radical (unpaired) electrons. The molecule has 1 heterocycles. The zero-order chi connectivity index (χ0) is 12.2. The van der Waals surface area contributed by atoms with Gasteiger partial charge in [-0.05, 0) is 43.4 Å². The lowest BCUT2D eigenvalue weighted by Gasteiger charge is -2.33. The Morgan fingerprint density at radius 3 is 2.53 bits per heavy atom. The lowest BCUT2D eigenvalue weighted by Crippen LogP contribution is -2.26. The van der Waals surface area contributed by atoms with Crippen LogP contribution in [0.3, 0.4) is 0 Å². The van der Waals surface area contributed by atoms with Crippen molar-refractivity contribution >= 4 is 5.82 Å². The number of nitrogens with zero attached hydrogens (tertiary/aromatic N) is 2. The smallest absolute Gasteiger partial charge is 0.125 e. The second kappa shape index (κ2) is 3.50. The van der Waals surface area contributed by atoms with E-state index in [1.807, 2.05) is 0 Å². The molecule has 0 amide bonds. The van der Waals surface area contributed by atoms with Crippen LogP contribution in [0.2, 0.25) is 0 Å². The van der Waals surface area contributed by atoms with E-state index in [2.05, 4.69) is 25.5 Å². The first-order valence-corrected chi connectivity index (χ1v) is 6.82. The standard InChI is InChI=1S/C14H23N3/c1-14(2,3)9-4-7-12-11(8-9)13(15)17(16-12)10-5-6-10/h9-10H,4-8,15H2,1-3H3. The van der Waals surface area contributed by atoms with E-state index in [4.69, 9.17) is 10.8 Å². The highest BCUT2D eigenvalue weighted by molar-refractivity contribution is 5.46. The van der Waals surface area contributed by atoms with Gasteiger partial charge in [-0.15, -0.1) is 0 Å². The molecule has 2 aliphatic rings. The molecule has 0 saturated heterocycles. The molecule has 1 aromatic heterocycles. The number of hydrogen-bond donors (Lipinski definition) is 1. The highest BCUT2D eigenvalue weighted by Crippen LogP contribution is 2.42. The third-order valence-corrected chi connectivity index (χ3v) is 4.43. The number of anilines is 1. The number of aromatic nitrogens is 2. The van der Waals surface area contributed by atoms with E-state index in [0.29, 0.717) is 11.5 Å². The molecule has 0 spiro atoms. The van der Waals surface area contributed by atoms with Crippen LogP contribution < -0.4 is 5.73 Å². The van der Waals surface area contributed by atoms with Crippen molar-refractivity contribution in [2.24, 2.45) is 11.3 Å². The van der Waals surface area contributed by atoms with Gasteiger partial charge in [-0.1, -0.05) is 20.8 Å².